The van der Waals surface area contributed by atoms with Gasteiger partial charge in [-0.15, -0.1) is 0 Å². The van der Waals surface area contributed by atoms with Crippen molar-refractivity contribution in [1.82, 2.24) is 13.8 Å². The average molecular weight is 480 g/mol. The first-order valence-corrected chi connectivity index (χ1v) is 14.0. The number of hydrogen-bond donors (Lipinski definition) is 0. The normalized spacial score (nSPS) is 19.4. The predicted molar refractivity (Wildman–Crippen MR) is 128 cm³/mol. The number of aryl methyl sites for hydroxylation is 1. The molecule has 32 heavy (non-hydrogen) atoms. The summed E-state index contributed by atoms with van der Waals surface area (Å²) in [6, 6.07) is 5.30. The van der Waals surface area contributed by atoms with Crippen molar-refractivity contribution in [2.24, 2.45) is 5.92 Å². The van der Waals surface area contributed by atoms with E-state index < -0.39 is 10.0 Å². The Morgan fingerprint density at radius 3 is 2.47 bits per heavy atom. The second-order valence-electron chi connectivity index (χ2n) is 9.07. The summed E-state index contributed by atoms with van der Waals surface area (Å²) in [7, 11) is -1.75. The zero-order chi connectivity index (χ0) is 22.9. The molecule has 0 radical (unpaired) electrons. The molecule has 0 unspecified atom stereocenters. The summed E-state index contributed by atoms with van der Waals surface area (Å²) in [5.41, 5.74) is 0.788. The van der Waals surface area contributed by atoms with E-state index in [-0.39, 0.29) is 21.6 Å². The summed E-state index contributed by atoms with van der Waals surface area (Å²) in [5.74, 6) is 0.0570. The highest BCUT2D eigenvalue weighted by Gasteiger charge is 2.35. The van der Waals surface area contributed by atoms with Crippen molar-refractivity contribution in [3.05, 3.63) is 27.9 Å². The van der Waals surface area contributed by atoms with Crippen LogP contribution in [0.4, 0.5) is 0 Å². The Labute approximate surface area is 194 Å². The van der Waals surface area contributed by atoms with Crippen LogP contribution in [-0.4, -0.2) is 54.3 Å². The van der Waals surface area contributed by atoms with E-state index in [4.69, 9.17) is 0 Å². The second kappa shape index (κ2) is 9.65. The molecule has 1 aromatic carbocycles. The molecule has 2 aromatic rings. The van der Waals surface area contributed by atoms with Crippen LogP contribution in [0.2, 0.25) is 0 Å². The number of aromatic nitrogens is 1. The Kier molecular flexibility index (Phi) is 7.07. The summed E-state index contributed by atoms with van der Waals surface area (Å²) in [4.78, 5) is 27.3. The standard InChI is InChI=1S/C23H33N3O4S2/c1-3-13-26-20-10-9-19(16-21(20)31-23(26)28)32(29,30)25-14-11-17(12-15-25)22(27)24(2)18-7-5-4-6-8-18/h9-10,16-18H,3-8,11-15H2,1-2H3. The molecular weight excluding hydrogens is 446 g/mol. The Morgan fingerprint density at radius 1 is 1.12 bits per heavy atom. The van der Waals surface area contributed by atoms with Crippen LogP contribution in [0.15, 0.2) is 27.9 Å². The average Bonchev–Trinajstić information content (AvgIpc) is 3.13. The monoisotopic (exact) mass is 479 g/mol. The van der Waals surface area contributed by atoms with Gasteiger partial charge in [-0.05, 0) is 50.3 Å². The largest absolute Gasteiger partial charge is 0.343 e. The van der Waals surface area contributed by atoms with Gasteiger partial charge in [-0.2, -0.15) is 4.31 Å². The van der Waals surface area contributed by atoms with Gasteiger partial charge in [-0.3, -0.25) is 14.2 Å². The predicted octanol–water partition coefficient (Wildman–Crippen LogP) is 3.66. The van der Waals surface area contributed by atoms with Crippen molar-refractivity contribution in [3.63, 3.8) is 0 Å². The summed E-state index contributed by atoms with van der Waals surface area (Å²) in [6.07, 6.45) is 7.71. The van der Waals surface area contributed by atoms with Crippen LogP contribution in [-0.2, 0) is 21.4 Å². The quantitative estimate of drug-likeness (QED) is 0.633. The molecule has 1 saturated heterocycles. The Hall–Kier alpha value is -1.71. The number of nitrogens with zero attached hydrogens (tertiary/aromatic N) is 3. The van der Waals surface area contributed by atoms with Crippen molar-refractivity contribution in [3.8, 4) is 0 Å². The maximum atomic E-state index is 13.3. The number of amides is 1. The number of rotatable bonds is 6. The number of carbonyl (C=O) groups excluding carboxylic acids is 1. The van der Waals surface area contributed by atoms with Crippen LogP contribution in [0, 0.1) is 5.92 Å². The van der Waals surface area contributed by atoms with Gasteiger partial charge in [0.2, 0.25) is 15.9 Å². The lowest BCUT2D eigenvalue weighted by Gasteiger charge is -2.36. The Morgan fingerprint density at radius 2 is 1.81 bits per heavy atom. The van der Waals surface area contributed by atoms with Crippen LogP contribution < -0.4 is 4.87 Å². The van der Waals surface area contributed by atoms with E-state index in [1.54, 1.807) is 22.8 Å². The van der Waals surface area contributed by atoms with E-state index in [1.807, 2.05) is 18.9 Å². The molecule has 7 nitrogen and oxygen atoms in total. The van der Waals surface area contributed by atoms with E-state index in [2.05, 4.69) is 0 Å². The molecule has 0 bridgehead atoms. The van der Waals surface area contributed by atoms with Crippen LogP contribution in [0.5, 0.6) is 0 Å². The lowest BCUT2D eigenvalue weighted by Crippen LogP contribution is -2.46. The van der Waals surface area contributed by atoms with E-state index in [0.29, 0.717) is 43.2 Å². The molecule has 1 aliphatic carbocycles. The van der Waals surface area contributed by atoms with Crippen LogP contribution in [0.3, 0.4) is 0 Å². The minimum absolute atomic E-state index is 0.0576. The molecule has 1 amide bonds. The van der Waals surface area contributed by atoms with Crippen LogP contribution >= 0.6 is 11.3 Å². The lowest BCUT2D eigenvalue weighted by molar-refractivity contribution is -0.138. The first-order chi connectivity index (χ1) is 15.3. The minimum atomic E-state index is -3.66. The number of hydrogen-bond acceptors (Lipinski definition) is 5. The minimum Gasteiger partial charge on any atom is -0.343 e. The molecule has 0 spiro atoms. The molecule has 9 heteroatoms. The topological polar surface area (TPSA) is 79.7 Å². The first kappa shape index (κ1) is 23.4. The van der Waals surface area contributed by atoms with Gasteiger partial charge in [0.15, 0.2) is 0 Å². The third-order valence-electron chi connectivity index (χ3n) is 7.00. The smallest absolute Gasteiger partial charge is 0.308 e. The fraction of sp³-hybridized carbons (Fsp3) is 0.652. The van der Waals surface area contributed by atoms with Crippen molar-refractivity contribution >= 4 is 37.5 Å². The van der Waals surface area contributed by atoms with Crippen molar-refractivity contribution in [2.45, 2.75) is 75.8 Å². The fourth-order valence-electron chi connectivity index (χ4n) is 5.07. The summed E-state index contributed by atoms with van der Waals surface area (Å²) >= 11 is 1.09. The molecule has 2 aliphatic rings. The molecule has 0 atom stereocenters. The molecule has 2 heterocycles. The van der Waals surface area contributed by atoms with Gasteiger partial charge >= 0.3 is 4.87 Å². The second-order valence-corrected chi connectivity index (χ2v) is 12.0. The van der Waals surface area contributed by atoms with Gasteiger partial charge in [0.1, 0.15) is 0 Å². The summed E-state index contributed by atoms with van der Waals surface area (Å²) in [6.45, 7) is 3.34. The molecule has 1 aliphatic heterocycles. The zero-order valence-corrected chi connectivity index (χ0v) is 20.6. The van der Waals surface area contributed by atoms with Crippen molar-refractivity contribution in [1.29, 1.82) is 0 Å². The lowest BCUT2D eigenvalue weighted by atomic mass is 9.91. The van der Waals surface area contributed by atoms with Crippen LogP contribution in [0.1, 0.15) is 58.3 Å². The molecule has 176 valence electrons. The number of fused-ring (bicyclic) bond motifs is 1. The van der Waals surface area contributed by atoms with Gasteiger partial charge in [0.05, 0.1) is 15.1 Å². The van der Waals surface area contributed by atoms with Gasteiger partial charge in [0, 0.05) is 38.6 Å². The molecule has 0 N–H and O–H groups in total. The maximum absolute atomic E-state index is 13.3. The molecule has 1 saturated carbocycles. The van der Waals surface area contributed by atoms with Gasteiger partial charge in [0.25, 0.3) is 0 Å². The Bertz CT molecular complexity index is 1120. The fourth-order valence-corrected chi connectivity index (χ4v) is 7.60. The van der Waals surface area contributed by atoms with E-state index >= 15 is 0 Å². The highest BCUT2D eigenvalue weighted by Crippen LogP contribution is 2.29. The number of piperidine rings is 1. The molecule has 1 aromatic heterocycles. The third kappa shape index (κ3) is 4.52. The van der Waals surface area contributed by atoms with Gasteiger partial charge in [-0.1, -0.05) is 37.5 Å². The molecule has 2 fully saturated rings. The van der Waals surface area contributed by atoms with E-state index in [1.165, 1.54) is 23.6 Å². The van der Waals surface area contributed by atoms with Crippen molar-refractivity contribution < 1.29 is 13.2 Å². The first-order valence-electron chi connectivity index (χ1n) is 11.7. The zero-order valence-electron chi connectivity index (χ0n) is 19.0. The van der Waals surface area contributed by atoms with E-state index in [9.17, 15) is 18.0 Å². The van der Waals surface area contributed by atoms with Gasteiger partial charge < -0.3 is 4.90 Å². The molecule has 4 rings (SSSR count). The summed E-state index contributed by atoms with van der Waals surface area (Å²) in [5, 5.41) is 0. The third-order valence-corrected chi connectivity index (χ3v) is 9.83. The number of carbonyl (C=O) groups is 1. The SMILES string of the molecule is CCCn1c(=O)sc2cc(S(=O)(=O)N3CCC(C(=O)N(C)C4CCCCC4)CC3)ccc21. The van der Waals surface area contributed by atoms with Crippen LogP contribution in [0.25, 0.3) is 10.2 Å². The number of benzene rings is 1. The van der Waals surface area contributed by atoms with E-state index in [0.717, 1.165) is 36.1 Å². The summed E-state index contributed by atoms with van der Waals surface area (Å²) < 4.78 is 30.4. The van der Waals surface area contributed by atoms with Gasteiger partial charge in [-0.25, -0.2) is 8.42 Å². The highest BCUT2D eigenvalue weighted by molar-refractivity contribution is 7.89. The number of sulfonamides is 1. The maximum Gasteiger partial charge on any atom is 0.308 e. The molecular formula is C23H33N3O4S2. The van der Waals surface area contributed by atoms with Crippen molar-refractivity contribution in [2.75, 3.05) is 20.1 Å². The number of thiazole rings is 1. The Balaban J connectivity index is 1.44. The highest BCUT2D eigenvalue weighted by atomic mass is 32.2.